The second kappa shape index (κ2) is 7.55. The van der Waals surface area contributed by atoms with Crippen molar-refractivity contribution in [2.45, 2.75) is 24.4 Å². The molecule has 1 amide bonds. The van der Waals surface area contributed by atoms with Gasteiger partial charge in [-0.2, -0.15) is 4.72 Å². The largest absolute Gasteiger partial charge is 0.340 e. The lowest BCUT2D eigenvalue weighted by molar-refractivity contribution is -0.131. The molecule has 0 saturated heterocycles. The Hall–Kier alpha value is -2.25. The van der Waals surface area contributed by atoms with Gasteiger partial charge in [-0.15, -0.1) is 0 Å². The molecule has 2 aromatic rings. The minimum atomic E-state index is -3.78. The number of nitrogens with zero attached hydrogens (tertiary/aromatic N) is 1. The maximum atomic E-state index is 13.2. The summed E-state index contributed by atoms with van der Waals surface area (Å²) in [5.41, 5.74) is 0.629. The molecule has 2 aromatic carbocycles. The van der Waals surface area contributed by atoms with E-state index in [1.165, 1.54) is 36.1 Å². The summed E-state index contributed by atoms with van der Waals surface area (Å²) in [6, 6.07) is 12.8. The van der Waals surface area contributed by atoms with E-state index < -0.39 is 22.0 Å². The average Bonchev–Trinajstić information content (AvgIpc) is 2.54. The monoisotopic (exact) mass is 350 g/mol. The van der Waals surface area contributed by atoms with Crippen LogP contribution in [0.1, 0.15) is 12.5 Å². The number of halogens is 1. The Morgan fingerprint density at radius 1 is 1.17 bits per heavy atom. The van der Waals surface area contributed by atoms with Gasteiger partial charge >= 0.3 is 0 Å². The number of carbonyl (C=O) groups is 1. The van der Waals surface area contributed by atoms with Gasteiger partial charge in [-0.3, -0.25) is 4.79 Å². The molecule has 0 radical (unpaired) electrons. The third-order valence-corrected chi connectivity index (χ3v) is 5.00. The van der Waals surface area contributed by atoms with Gasteiger partial charge in [-0.05, 0) is 36.8 Å². The lowest BCUT2D eigenvalue weighted by Gasteiger charge is -2.22. The molecule has 0 aromatic heterocycles. The summed E-state index contributed by atoms with van der Waals surface area (Å²) in [7, 11) is -2.23. The second-order valence-corrected chi connectivity index (χ2v) is 7.19. The average molecular weight is 350 g/mol. The van der Waals surface area contributed by atoms with Crippen LogP contribution < -0.4 is 4.72 Å². The quantitative estimate of drug-likeness (QED) is 0.868. The van der Waals surface area contributed by atoms with Gasteiger partial charge < -0.3 is 4.90 Å². The van der Waals surface area contributed by atoms with Crippen LogP contribution in [0.5, 0.6) is 0 Å². The van der Waals surface area contributed by atoms with Crippen molar-refractivity contribution in [2.24, 2.45) is 0 Å². The third-order valence-electron chi connectivity index (χ3n) is 3.44. The number of sulfonamides is 1. The molecule has 0 saturated carbocycles. The Labute approximate surface area is 141 Å². The SMILES string of the molecule is CC(NS(=O)(=O)c1ccccc1)C(=O)N(C)Cc1cccc(F)c1. The Morgan fingerprint density at radius 2 is 1.83 bits per heavy atom. The van der Waals surface area contributed by atoms with Gasteiger partial charge in [0.15, 0.2) is 0 Å². The van der Waals surface area contributed by atoms with E-state index in [1.807, 2.05) is 0 Å². The zero-order chi connectivity index (χ0) is 17.7. The number of amides is 1. The van der Waals surface area contributed by atoms with Crippen molar-refractivity contribution < 1.29 is 17.6 Å². The zero-order valence-electron chi connectivity index (χ0n) is 13.4. The fourth-order valence-electron chi connectivity index (χ4n) is 2.27. The molecule has 5 nitrogen and oxygen atoms in total. The predicted octanol–water partition coefficient (Wildman–Crippen LogP) is 2.15. The Kier molecular flexibility index (Phi) is 5.69. The second-order valence-electron chi connectivity index (χ2n) is 5.48. The van der Waals surface area contributed by atoms with Gasteiger partial charge in [0.1, 0.15) is 5.82 Å². The van der Waals surface area contributed by atoms with Gasteiger partial charge in [0.05, 0.1) is 10.9 Å². The highest BCUT2D eigenvalue weighted by atomic mass is 32.2. The summed E-state index contributed by atoms with van der Waals surface area (Å²) in [6.45, 7) is 1.67. The van der Waals surface area contributed by atoms with Gasteiger partial charge in [-0.25, -0.2) is 12.8 Å². The minimum absolute atomic E-state index is 0.0948. The molecule has 0 heterocycles. The third kappa shape index (κ3) is 4.62. The van der Waals surface area contributed by atoms with Crippen LogP contribution in [0.15, 0.2) is 59.5 Å². The molecule has 0 aliphatic rings. The fraction of sp³-hybridized carbons (Fsp3) is 0.235. The Balaban J connectivity index is 2.03. The normalized spacial score (nSPS) is 12.6. The van der Waals surface area contributed by atoms with Crippen LogP contribution in [-0.4, -0.2) is 32.3 Å². The van der Waals surface area contributed by atoms with Crippen molar-refractivity contribution in [3.05, 3.63) is 66.0 Å². The van der Waals surface area contributed by atoms with E-state index in [0.717, 1.165) is 0 Å². The van der Waals surface area contributed by atoms with Gasteiger partial charge in [-0.1, -0.05) is 30.3 Å². The highest BCUT2D eigenvalue weighted by molar-refractivity contribution is 7.89. The van der Waals surface area contributed by atoms with E-state index >= 15 is 0 Å². The van der Waals surface area contributed by atoms with Crippen LogP contribution in [0.2, 0.25) is 0 Å². The van der Waals surface area contributed by atoms with Gasteiger partial charge in [0.25, 0.3) is 0 Å². The van der Waals surface area contributed by atoms with E-state index in [4.69, 9.17) is 0 Å². The fourth-order valence-corrected chi connectivity index (χ4v) is 3.49. The number of hydrogen-bond acceptors (Lipinski definition) is 3. The molecule has 1 unspecified atom stereocenters. The van der Waals surface area contributed by atoms with E-state index in [9.17, 15) is 17.6 Å². The molecule has 0 fully saturated rings. The van der Waals surface area contributed by atoms with Crippen LogP contribution in [-0.2, 0) is 21.4 Å². The predicted molar refractivity (Wildman–Crippen MR) is 89.1 cm³/mol. The molecular weight excluding hydrogens is 331 g/mol. The standard InChI is InChI=1S/C17H19FN2O3S/c1-13(19-24(22,23)16-9-4-3-5-10-16)17(21)20(2)12-14-7-6-8-15(18)11-14/h3-11,13,19H,12H2,1-2H3. The molecule has 128 valence electrons. The number of carbonyl (C=O) groups excluding carboxylic acids is 1. The molecule has 0 spiro atoms. The summed E-state index contributed by atoms with van der Waals surface area (Å²) >= 11 is 0. The maximum absolute atomic E-state index is 13.2. The van der Waals surface area contributed by atoms with E-state index in [0.29, 0.717) is 5.56 Å². The van der Waals surface area contributed by atoms with Crippen molar-refractivity contribution in [3.63, 3.8) is 0 Å². The van der Waals surface area contributed by atoms with Gasteiger partial charge in [0, 0.05) is 13.6 Å². The van der Waals surface area contributed by atoms with Crippen LogP contribution in [0.3, 0.4) is 0 Å². The lowest BCUT2D eigenvalue weighted by Crippen LogP contribution is -2.45. The van der Waals surface area contributed by atoms with E-state index in [2.05, 4.69) is 4.72 Å². The highest BCUT2D eigenvalue weighted by Gasteiger charge is 2.24. The molecular formula is C17H19FN2O3S. The van der Waals surface area contributed by atoms with Crippen LogP contribution in [0.25, 0.3) is 0 Å². The first-order valence-electron chi connectivity index (χ1n) is 7.36. The minimum Gasteiger partial charge on any atom is -0.340 e. The van der Waals surface area contributed by atoms with Crippen molar-refractivity contribution in [3.8, 4) is 0 Å². The first-order valence-corrected chi connectivity index (χ1v) is 8.85. The number of hydrogen-bond donors (Lipinski definition) is 1. The van der Waals surface area contributed by atoms with Crippen LogP contribution in [0, 0.1) is 5.82 Å². The van der Waals surface area contributed by atoms with Crippen molar-refractivity contribution >= 4 is 15.9 Å². The smallest absolute Gasteiger partial charge is 0.241 e. The van der Waals surface area contributed by atoms with Crippen LogP contribution >= 0.6 is 0 Å². The number of benzene rings is 2. The molecule has 7 heteroatoms. The molecule has 2 rings (SSSR count). The van der Waals surface area contributed by atoms with Gasteiger partial charge in [0.2, 0.25) is 15.9 Å². The Morgan fingerprint density at radius 3 is 2.46 bits per heavy atom. The Bertz CT molecular complexity index is 810. The number of rotatable bonds is 6. The van der Waals surface area contributed by atoms with E-state index in [1.54, 1.807) is 37.4 Å². The van der Waals surface area contributed by atoms with Crippen molar-refractivity contribution in [2.75, 3.05) is 7.05 Å². The summed E-state index contributed by atoms with van der Waals surface area (Å²) in [4.78, 5) is 13.8. The number of likely N-dealkylation sites (N-methyl/N-ethyl adjacent to an activating group) is 1. The summed E-state index contributed by atoms with van der Waals surface area (Å²) in [6.07, 6.45) is 0. The molecule has 0 bridgehead atoms. The van der Waals surface area contributed by atoms with Crippen molar-refractivity contribution in [1.29, 1.82) is 0 Å². The first-order chi connectivity index (χ1) is 11.3. The molecule has 0 aliphatic carbocycles. The summed E-state index contributed by atoms with van der Waals surface area (Å²) in [5, 5.41) is 0. The molecule has 1 atom stereocenters. The maximum Gasteiger partial charge on any atom is 0.241 e. The summed E-state index contributed by atoms with van der Waals surface area (Å²) < 4.78 is 40.0. The topological polar surface area (TPSA) is 66.5 Å². The lowest BCUT2D eigenvalue weighted by atomic mass is 10.2. The zero-order valence-corrected chi connectivity index (χ0v) is 14.3. The van der Waals surface area contributed by atoms with E-state index in [-0.39, 0.29) is 17.3 Å². The van der Waals surface area contributed by atoms with Crippen molar-refractivity contribution in [1.82, 2.24) is 9.62 Å². The van der Waals surface area contributed by atoms with Crippen LogP contribution in [0.4, 0.5) is 4.39 Å². The molecule has 24 heavy (non-hydrogen) atoms. The summed E-state index contributed by atoms with van der Waals surface area (Å²) in [5.74, 6) is -0.787. The molecule has 0 aliphatic heterocycles. The highest BCUT2D eigenvalue weighted by Crippen LogP contribution is 2.10. The number of nitrogens with one attached hydrogen (secondary N) is 1. The molecule has 1 N–H and O–H groups in total. The first kappa shape index (κ1) is 18.1.